The number of hydrogen-bond donors (Lipinski definition) is 0. The molecule has 12 aromatic rings. The molecule has 2 heteroatoms. The topological polar surface area (TPSA) is 6.48 Å². The molecule has 3 aliphatic rings. The van der Waals surface area contributed by atoms with E-state index in [1.54, 1.807) is 0 Å². The van der Waals surface area contributed by atoms with Gasteiger partial charge in [0.15, 0.2) is 0 Å². The van der Waals surface area contributed by atoms with Gasteiger partial charge in [-0.2, -0.15) is 0 Å². The van der Waals surface area contributed by atoms with Crippen molar-refractivity contribution in [2.24, 2.45) is 0 Å². The van der Waals surface area contributed by atoms with Crippen molar-refractivity contribution in [3.05, 3.63) is 310 Å². The Bertz CT molecular complexity index is 4540. The molecule has 3 aliphatic carbocycles. The minimum Gasteiger partial charge on any atom is -0.310 e. The summed E-state index contributed by atoms with van der Waals surface area (Å²) in [6.07, 6.45) is 0.857. The van der Waals surface area contributed by atoms with E-state index < -0.39 is 5.41 Å². The Balaban J connectivity index is 1.04. The highest BCUT2D eigenvalue weighted by Crippen LogP contribution is 2.68. The average Bonchev–Trinajstić information content (AvgIpc) is 1.51. The molecule has 0 N–H and O–H groups in total. The molecular weight excluding hydrogens is 1010 g/mol. The Labute approximate surface area is 496 Å². The highest BCUT2D eigenvalue weighted by Gasteiger charge is 2.55. The number of aryl methyl sites for hydroxylation is 2. The number of benzene rings is 12. The summed E-state index contributed by atoms with van der Waals surface area (Å²) in [6, 6.07) is 97.3. The van der Waals surface area contributed by atoms with Gasteiger partial charge in [0, 0.05) is 34.0 Å². The van der Waals surface area contributed by atoms with Crippen LogP contribution in [-0.4, -0.2) is 0 Å². The summed E-state index contributed by atoms with van der Waals surface area (Å²) in [5.41, 5.74) is 32.0. The highest BCUT2D eigenvalue weighted by molar-refractivity contribution is 6.09. The lowest BCUT2D eigenvalue weighted by Crippen LogP contribution is -2.28. The van der Waals surface area contributed by atoms with Crippen molar-refractivity contribution in [3.63, 3.8) is 0 Å². The van der Waals surface area contributed by atoms with Crippen LogP contribution in [0.3, 0.4) is 0 Å². The van der Waals surface area contributed by atoms with Crippen molar-refractivity contribution >= 4 is 44.9 Å². The Morgan fingerprint density at radius 2 is 0.786 bits per heavy atom. The van der Waals surface area contributed by atoms with Crippen LogP contribution in [0, 0.1) is 13.8 Å². The van der Waals surface area contributed by atoms with Gasteiger partial charge >= 0.3 is 0 Å². The molecule has 15 rings (SSSR count). The largest absolute Gasteiger partial charge is 0.310 e. The van der Waals surface area contributed by atoms with E-state index in [1.165, 1.54) is 128 Å². The van der Waals surface area contributed by atoms with E-state index in [0.717, 1.165) is 34.9 Å². The predicted octanol–water partition coefficient (Wildman–Crippen LogP) is 22.2. The van der Waals surface area contributed by atoms with Crippen LogP contribution in [0.15, 0.2) is 255 Å². The van der Waals surface area contributed by atoms with Gasteiger partial charge in [0.05, 0.1) is 11.1 Å². The van der Waals surface area contributed by atoms with Crippen LogP contribution in [0.4, 0.5) is 34.1 Å². The van der Waals surface area contributed by atoms with Gasteiger partial charge in [-0.15, -0.1) is 0 Å². The molecule has 0 bridgehead atoms. The minimum absolute atomic E-state index is 0.0156. The van der Waals surface area contributed by atoms with Gasteiger partial charge in [-0.25, -0.2) is 0 Å². The first kappa shape index (κ1) is 51.4. The van der Waals surface area contributed by atoms with Crippen molar-refractivity contribution in [3.8, 4) is 55.6 Å². The summed E-state index contributed by atoms with van der Waals surface area (Å²) in [6.45, 7) is 18.3. The highest BCUT2D eigenvalue weighted by atomic mass is 15.2. The molecule has 406 valence electrons. The number of hydrogen-bond acceptors (Lipinski definition) is 2. The van der Waals surface area contributed by atoms with Crippen LogP contribution in [0.2, 0.25) is 0 Å². The first-order valence-electron chi connectivity index (χ1n) is 29.9. The Hall–Kier alpha value is -9.50. The van der Waals surface area contributed by atoms with Crippen LogP contribution < -0.4 is 9.80 Å². The molecule has 2 nitrogen and oxygen atoms in total. The summed E-state index contributed by atoms with van der Waals surface area (Å²) in [7, 11) is 0. The van der Waals surface area contributed by atoms with Crippen LogP contribution in [-0.2, 0) is 22.7 Å². The Morgan fingerprint density at radius 3 is 1.35 bits per heavy atom. The molecule has 0 saturated heterocycles. The summed E-state index contributed by atoms with van der Waals surface area (Å²) >= 11 is 0. The third-order valence-corrected chi connectivity index (χ3v) is 18.6. The molecule has 0 amide bonds. The molecular formula is C82H68N2. The SMILES string of the molecule is Cc1ccc(N(c2ccc(C(C)(C)C)cc2)c2ccc3cc4c(cc3c2)C2(c3ccccc3-c3ccccc32)c2c(N(c3ccc(C(C)(C)C)cc3)c3ccc(C)c(-c5ccccc5)c3)cc3c(c2-4)-c2ccccc2C3)cc1-c1ccccc1. The van der Waals surface area contributed by atoms with E-state index in [0.29, 0.717) is 0 Å². The normalized spacial score (nSPS) is 13.3. The Kier molecular flexibility index (Phi) is 11.8. The van der Waals surface area contributed by atoms with Crippen LogP contribution in [0.25, 0.3) is 66.4 Å². The molecule has 0 aliphatic heterocycles. The monoisotopic (exact) mass is 1080 g/mol. The van der Waals surface area contributed by atoms with E-state index in [4.69, 9.17) is 0 Å². The maximum atomic E-state index is 2.61. The molecule has 84 heavy (non-hydrogen) atoms. The quantitative estimate of drug-likeness (QED) is 0.150. The van der Waals surface area contributed by atoms with Crippen molar-refractivity contribution in [2.45, 2.75) is 78.1 Å². The van der Waals surface area contributed by atoms with E-state index >= 15 is 0 Å². The molecule has 0 radical (unpaired) electrons. The van der Waals surface area contributed by atoms with Gasteiger partial charge in [-0.3, -0.25) is 0 Å². The molecule has 0 atom stereocenters. The summed E-state index contributed by atoms with van der Waals surface area (Å²) < 4.78 is 0. The van der Waals surface area contributed by atoms with Crippen molar-refractivity contribution < 1.29 is 0 Å². The zero-order valence-electron chi connectivity index (χ0n) is 49.4. The second kappa shape index (κ2) is 19.3. The van der Waals surface area contributed by atoms with Crippen molar-refractivity contribution in [1.29, 1.82) is 0 Å². The van der Waals surface area contributed by atoms with Crippen LogP contribution in [0.1, 0.15) is 97.2 Å². The second-order valence-corrected chi connectivity index (χ2v) is 25.8. The van der Waals surface area contributed by atoms with Gasteiger partial charge in [0.1, 0.15) is 0 Å². The molecule has 1 spiro atoms. The average molecular weight is 1080 g/mol. The fourth-order valence-electron chi connectivity index (χ4n) is 14.4. The van der Waals surface area contributed by atoms with Crippen LogP contribution >= 0.6 is 0 Å². The number of fused-ring (bicyclic) bond motifs is 15. The summed E-state index contributed by atoms with van der Waals surface area (Å²) in [5, 5.41) is 2.41. The first-order chi connectivity index (χ1) is 40.7. The zero-order chi connectivity index (χ0) is 57.2. The van der Waals surface area contributed by atoms with E-state index in [-0.39, 0.29) is 10.8 Å². The van der Waals surface area contributed by atoms with Gasteiger partial charge in [0.2, 0.25) is 0 Å². The molecule has 12 aromatic carbocycles. The lowest BCUT2D eigenvalue weighted by molar-refractivity contribution is 0.590. The molecule has 0 unspecified atom stereocenters. The maximum Gasteiger partial charge on any atom is 0.0746 e. The molecule has 0 saturated carbocycles. The van der Waals surface area contributed by atoms with E-state index in [9.17, 15) is 0 Å². The molecule has 0 aromatic heterocycles. The van der Waals surface area contributed by atoms with Crippen molar-refractivity contribution in [2.75, 3.05) is 9.80 Å². The van der Waals surface area contributed by atoms with E-state index in [1.807, 2.05) is 0 Å². The number of nitrogens with zero attached hydrogens (tertiary/aromatic N) is 2. The lowest BCUT2D eigenvalue weighted by atomic mass is 9.69. The fourth-order valence-corrected chi connectivity index (χ4v) is 14.4. The van der Waals surface area contributed by atoms with Gasteiger partial charge in [-0.05, 0) is 226 Å². The number of anilines is 6. The second-order valence-electron chi connectivity index (χ2n) is 25.8. The van der Waals surface area contributed by atoms with Gasteiger partial charge < -0.3 is 9.80 Å². The third-order valence-electron chi connectivity index (χ3n) is 18.6. The first-order valence-corrected chi connectivity index (χ1v) is 29.9. The smallest absolute Gasteiger partial charge is 0.0746 e. The standard InChI is InChI=1S/C82H68N2/c1-52-31-38-65(50-70(52)54-21-11-9-12-22-54)83(62-41-34-60(35-42-62)80(3,4)5)64-40-33-56-47-72-75(48-58(56)46-64)82(73-29-19-17-27-68(73)69-28-18-20-30-74(69)82)79-76(49-59-45-57-25-15-16-26-67(57)77(59)78(72)79)84(63-43-36-61(37-44-63)81(6,7)8)66-39-32-53(2)71(51-66)55-23-13-10-14-24-55/h9-44,46-51H,45H2,1-8H3. The Morgan fingerprint density at radius 1 is 0.321 bits per heavy atom. The summed E-state index contributed by atoms with van der Waals surface area (Å²) in [5.74, 6) is 0. The maximum absolute atomic E-state index is 2.61. The predicted molar refractivity (Wildman–Crippen MR) is 356 cm³/mol. The zero-order valence-corrected chi connectivity index (χ0v) is 49.4. The lowest BCUT2D eigenvalue weighted by Gasteiger charge is -2.37. The van der Waals surface area contributed by atoms with Gasteiger partial charge in [-0.1, -0.05) is 217 Å². The van der Waals surface area contributed by atoms with Crippen LogP contribution in [0.5, 0.6) is 0 Å². The summed E-state index contributed by atoms with van der Waals surface area (Å²) in [4.78, 5) is 5.08. The number of rotatable bonds is 8. The minimum atomic E-state index is -0.704. The molecule has 0 heterocycles. The van der Waals surface area contributed by atoms with Crippen molar-refractivity contribution in [1.82, 2.24) is 0 Å². The third kappa shape index (κ3) is 8.06. The molecule has 0 fully saturated rings. The van der Waals surface area contributed by atoms with Gasteiger partial charge in [0.25, 0.3) is 0 Å². The van der Waals surface area contributed by atoms with E-state index in [2.05, 4.69) is 320 Å². The fraction of sp³-hybridized carbons (Fsp3) is 0.146.